The molecule has 160 valence electrons. The van der Waals surface area contributed by atoms with Crippen LogP contribution in [-0.2, 0) is 16.0 Å². The van der Waals surface area contributed by atoms with E-state index < -0.39 is 6.04 Å². The van der Waals surface area contributed by atoms with Crippen LogP contribution in [0.4, 0.5) is 5.69 Å². The van der Waals surface area contributed by atoms with Gasteiger partial charge in [-0.1, -0.05) is 48.5 Å². The monoisotopic (exact) mass is 417 g/mol. The van der Waals surface area contributed by atoms with Crippen LogP contribution in [0.5, 0.6) is 0 Å². The zero-order valence-electron chi connectivity index (χ0n) is 17.3. The standard InChI is InChI=1S/C24H27N5O2/c25-18-13-22(26-14-18)24(31)29-21(11-10-16-6-2-1-3-7-16)23(30)28-19-12-17-8-4-5-9-20(17)27-15-19/h1-9,12,15,18,21-22,26H,10-11,13-14,25H2,(H,28,30)(H,29,31)/t18-,21-,22+/m1/s1. The number of fused-ring (bicyclic) bond motifs is 1. The molecule has 1 aliphatic rings. The molecule has 0 spiro atoms. The van der Waals surface area contributed by atoms with Crippen LogP contribution in [-0.4, -0.2) is 41.5 Å². The smallest absolute Gasteiger partial charge is 0.247 e. The lowest BCUT2D eigenvalue weighted by Crippen LogP contribution is -2.50. The fraction of sp³-hybridized carbons (Fsp3) is 0.292. The second-order valence-electron chi connectivity index (χ2n) is 7.95. The van der Waals surface area contributed by atoms with Gasteiger partial charge < -0.3 is 21.7 Å². The third-order valence-electron chi connectivity index (χ3n) is 5.54. The quantitative estimate of drug-likeness (QED) is 0.470. The van der Waals surface area contributed by atoms with Crippen molar-refractivity contribution >= 4 is 28.4 Å². The maximum Gasteiger partial charge on any atom is 0.247 e. The van der Waals surface area contributed by atoms with Gasteiger partial charge in [0.2, 0.25) is 11.8 Å². The Balaban J connectivity index is 1.47. The van der Waals surface area contributed by atoms with Crippen molar-refractivity contribution in [2.24, 2.45) is 5.73 Å². The fourth-order valence-corrected chi connectivity index (χ4v) is 3.83. The molecule has 2 heterocycles. The summed E-state index contributed by atoms with van der Waals surface area (Å²) in [6.07, 6.45) is 3.36. The Hall–Kier alpha value is -3.29. The van der Waals surface area contributed by atoms with E-state index in [-0.39, 0.29) is 23.9 Å². The van der Waals surface area contributed by atoms with Crippen molar-refractivity contribution in [3.05, 3.63) is 72.4 Å². The first-order chi connectivity index (χ1) is 15.1. The molecule has 2 amide bonds. The molecule has 0 bridgehead atoms. The maximum absolute atomic E-state index is 13.1. The lowest BCUT2D eigenvalue weighted by Gasteiger charge is -2.21. The zero-order valence-corrected chi connectivity index (χ0v) is 17.3. The van der Waals surface area contributed by atoms with Crippen LogP contribution in [0.2, 0.25) is 0 Å². The summed E-state index contributed by atoms with van der Waals surface area (Å²) in [5, 5.41) is 9.89. The number of nitrogens with zero attached hydrogens (tertiary/aromatic N) is 1. The normalized spacial score (nSPS) is 19.1. The summed E-state index contributed by atoms with van der Waals surface area (Å²) in [6.45, 7) is 0.599. The lowest BCUT2D eigenvalue weighted by atomic mass is 10.0. The van der Waals surface area contributed by atoms with Gasteiger partial charge in [-0.2, -0.15) is 0 Å². The van der Waals surface area contributed by atoms with Crippen molar-refractivity contribution in [2.45, 2.75) is 37.4 Å². The highest BCUT2D eigenvalue weighted by Crippen LogP contribution is 2.17. The van der Waals surface area contributed by atoms with E-state index in [1.807, 2.05) is 60.7 Å². The van der Waals surface area contributed by atoms with Crippen molar-refractivity contribution in [3.8, 4) is 0 Å². The number of amides is 2. The summed E-state index contributed by atoms with van der Waals surface area (Å²) in [6, 6.07) is 18.4. The number of carbonyl (C=O) groups is 2. The van der Waals surface area contributed by atoms with E-state index in [9.17, 15) is 9.59 Å². The molecule has 1 fully saturated rings. The van der Waals surface area contributed by atoms with Crippen molar-refractivity contribution < 1.29 is 9.59 Å². The molecule has 1 aliphatic heterocycles. The van der Waals surface area contributed by atoms with E-state index in [1.54, 1.807) is 6.20 Å². The van der Waals surface area contributed by atoms with Crippen LogP contribution < -0.4 is 21.7 Å². The number of para-hydroxylation sites is 1. The van der Waals surface area contributed by atoms with Gasteiger partial charge in [0, 0.05) is 18.0 Å². The minimum Gasteiger partial charge on any atom is -0.343 e. The Morgan fingerprint density at radius 3 is 2.68 bits per heavy atom. The van der Waals surface area contributed by atoms with E-state index in [4.69, 9.17) is 5.73 Å². The Kier molecular flexibility index (Phi) is 6.54. The molecule has 0 saturated carbocycles. The molecule has 2 aromatic carbocycles. The van der Waals surface area contributed by atoms with Crippen molar-refractivity contribution in [3.63, 3.8) is 0 Å². The molecule has 7 nitrogen and oxygen atoms in total. The average Bonchev–Trinajstić information content (AvgIpc) is 3.23. The second kappa shape index (κ2) is 9.68. The molecule has 7 heteroatoms. The van der Waals surface area contributed by atoms with Crippen LogP contribution in [0.3, 0.4) is 0 Å². The number of rotatable bonds is 7. The predicted molar refractivity (Wildman–Crippen MR) is 121 cm³/mol. The highest BCUT2D eigenvalue weighted by Gasteiger charge is 2.30. The van der Waals surface area contributed by atoms with Gasteiger partial charge in [0.1, 0.15) is 6.04 Å². The summed E-state index contributed by atoms with van der Waals surface area (Å²) in [5.41, 5.74) is 8.48. The van der Waals surface area contributed by atoms with E-state index in [0.717, 1.165) is 16.5 Å². The fourth-order valence-electron chi connectivity index (χ4n) is 3.83. The van der Waals surface area contributed by atoms with Crippen molar-refractivity contribution in [2.75, 3.05) is 11.9 Å². The Bertz CT molecular complexity index is 1060. The number of nitrogens with one attached hydrogen (secondary N) is 3. The number of hydrogen-bond acceptors (Lipinski definition) is 5. The van der Waals surface area contributed by atoms with Gasteiger partial charge in [-0.25, -0.2) is 0 Å². The summed E-state index contributed by atoms with van der Waals surface area (Å²) < 4.78 is 0. The summed E-state index contributed by atoms with van der Waals surface area (Å²) in [5.74, 6) is -0.457. The predicted octanol–water partition coefficient (Wildman–Crippen LogP) is 1.98. The van der Waals surface area contributed by atoms with Gasteiger partial charge >= 0.3 is 0 Å². The van der Waals surface area contributed by atoms with Crippen molar-refractivity contribution in [1.29, 1.82) is 0 Å². The Morgan fingerprint density at radius 2 is 1.90 bits per heavy atom. The van der Waals surface area contributed by atoms with E-state index in [0.29, 0.717) is 31.5 Å². The Labute approximate surface area is 181 Å². The first kappa shape index (κ1) is 21.0. The number of carbonyl (C=O) groups excluding carboxylic acids is 2. The summed E-state index contributed by atoms with van der Waals surface area (Å²) in [7, 11) is 0. The molecular formula is C24H27N5O2. The number of benzene rings is 2. The molecule has 1 saturated heterocycles. The largest absolute Gasteiger partial charge is 0.343 e. The topological polar surface area (TPSA) is 109 Å². The molecule has 31 heavy (non-hydrogen) atoms. The third-order valence-corrected chi connectivity index (χ3v) is 5.54. The maximum atomic E-state index is 13.1. The van der Waals surface area contributed by atoms with Gasteiger partial charge in [0.05, 0.1) is 23.4 Å². The number of hydrogen-bond donors (Lipinski definition) is 4. The van der Waals surface area contributed by atoms with Crippen LogP contribution in [0, 0.1) is 0 Å². The molecule has 0 radical (unpaired) electrons. The van der Waals surface area contributed by atoms with Gasteiger partial charge in [-0.05, 0) is 37.0 Å². The third kappa shape index (κ3) is 5.45. The van der Waals surface area contributed by atoms with Gasteiger partial charge in [0.15, 0.2) is 0 Å². The van der Waals surface area contributed by atoms with Gasteiger partial charge in [-0.3, -0.25) is 14.6 Å². The number of nitrogens with two attached hydrogens (primary N) is 1. The molecule has 4 rings (SSSR count). The van der Waals surface area contributed by atoms with Gasteiger partial charge in [-0.15, -0.1) is 0 Å². The van der Waals surface area contributed by atoms with Crippen LogP contribution >= 0.6 is 0 Å². The van der Waals surface area contributed by atoms with Crippen LogP contribution in [0.25, 0.3) is 10.9 Å². The molecule has 0 unspecified atom stereocenters. The first-order valence-electron chi connectivity index (χ1n) is 10.6. The minimum absolute atomic E-state index is 0.0454. The molecule has 0 aliphatic carbocycles. The number of aromatic nitrogens is 1. The first-order valence-corrected chi connectivity index (χ1v) is 10.6. The summed E-state index contributed by atoms with van der Waals surface area (Å²) >= 11 is 0. The SMILES string of the molecule is N[C@H]1CN[C@H](C(=O)N[C@H](CCc2ccccc2)C(=O)Nc2cnc3ccccc3c2)C1. The summed E-state index contributed by atoms with van der Waals surface area (Å²) in [4.78, 5) is 30.2. The Morgan fingerprint density at radius 1 is 1.13 bits per heavy atom. The van der Waals surface area contributed by atoms with E-state index >= 15 is 0 Å². The zero-order chi connectivity index (χ0) is 21.6. The molecule has 1 aromatic heterocycles. The van der Waals surface area contributed by atoms with Crippen molar-refractivity contribution in [1.82, 2.24) is 15.6 Å². The van der Waals surface area contributed by atoms with E-state index in [2.05, 4.69) is 20.9 Å². The highest BCUT2D eigenvalue weighted by molar-refractivity contribution is 5.99. The van der Waals surface area contributed by atoms with Crippen LogP contribution in [0.1, 0.15) is 18.4 Å². The number of pyridine rings is 1. The molecule has 3 aromatic rings. The number of anilines is 1. The van der Waals surface area contributed by atoms with Gasteiger partial charge in [0.25, 0.3) is 0 Å². The second-order valence-corrected chi connectivity index (χ2v) is 7.95. The number of aryl methyl sites for hydroxylation is 1. The van der Waals surface area contributed by atoms with Crippen LogP contribution in [0.15, 0.2) is 66.9 Å². The minimum atomic E-state index is -0.669. The molecule has 3 atom stereocenters. The average molecular weight is 418 g/mol. The lowest BCUT2D eigenvalue weighted by molar-refractivity contribution is -0.127. The van der Waals surface area contributed by atoms with E-state index in [1.165, 1.54) is 0 Å². The highest BCUT2D eigenvalue weighted by atomic mass is 16.2. The molecule has 5 N–H and O–H groups in total. The molecular weight excluding hydrogens is 390 g/mol.